The molecule has 2 atom stereocenters. The molecule has 1 unspecified atom stereocenters. The topological polar surface area (TPSA) is 62.0 Å². The Balaban J connectivity index is 0. The van der Waals surface area contributed by atoms with Crippen molar-refractivity contribution < 1.29 is 9.53 Å². The van der Waals surface area contributed by atoms with Crippen molar-refractivity contribution in [2.45, 2.75) is 39.0 Å². The van der Waals surface area contributed by atoms with Crippen molar-refractivity contribution >= 4 is 43.1 Å². The predicted molar refractivity (Wildman–Crippen MR) is 105 cm³/mol. The van der Waals surface area contributed by atoms with Crippen molar-refractivity contribution in [1.29, 1.82) is 0 Å². The molecule has 0 aliphatic carbocycles. The van der Waals surface area contributed by atoms with Crippen LogP contribution >= 0.6 is 37.2 Å². The first-order chi connectivity index (χ1) is 9.97. The zero-order valence-corrected chi connectivity index (χ0v) is 17.3. The standard InChI is InChI=1S/C15H30N4O2.3ClH/c1-12(2)19-8-9-21-14(11-19)10-17-4-6-18(7-5-17)15(20)13(3)16;;;/h12-14H,4-11,16H2,1-3H3;3*1H/t13-,14?;;;/m1.../s1. The zero-order chi connectivity index (χ0) is 15.4. The number of hydrogen-bond donors (Lipinski definition) is 1. The number of rotatable bonds is 4. The highest BCUT2D eigenvalue weighted by Gasteiger charge is 2.27. The summed E-state index contributed by atoms with van der Waals surface area (Å²) in [4.78, 5) is 18.6. The van der Waals surface area contributed by atoms with Crippen LogP contribution in [0, 0.1) is 0 Å². The van der Waals surface area contributed by atoms with E-state index in [1.165, 1.54) is 0 Å². The molecule has 2 rings (SSSR count). The van der Waals surface area contributed by atoms with E-state index < -0.39 is 6.04 Å². The predicted octanol–water partition coefficient (Wildman–Crippen LogP) is 0.852. The van der Waals surface area contributed by atoms with Gasteiger partial charge in [-0.3, -0.25) is 14.6 Å². The number of carbonyl (C=O) groups excluding carboxylic acids is 1. The molecule has 24 heavy (non-hydrogen) atoms. The molecule has 2 aliphatic rings. The monoisotopic (exact) mass is 406 g/mol. The second kappa shape index (κ2) is 12.5. The summed E-state index contributed by atoms with van der Waals surface area (Å²) in [5, 5.41) is 0. The maximum atomic E-state index is 11.9. The van der Waals surface area contributed by atoms with Gasteiger partial charge in [0.15, 0.2) is 0 Å². The largest absolute Gasteiger partial charge is 0.374 e. The highest BCUT2D eigenvalue weighted by atomic mass is 35.5. The van der Waals surface area contributed by atoms with E-state index in [0.29, 0.717) is 6.04 Å². The fourth-order valence-corrected chi connectivity index (χ4v) is 3.05. The molecular formula is C15H33Cl3N4O2. The minimum absolute atomic E-state index is 0. The minimum Gasteiger partial charge on any atom is -0.374 e. The molecule has 0 aromatic heterocycles. The second-order valence-electron chi connectivity index (χ2n) is 6.50. The van der Waals surface area contributed by atoms with Gasteiger partial charge in [-0.25, -0.2) is 0 Å². The number of halogens is 3. The smallest absolute Gasteiger partial charge is 0.239 e. The Hall–Kier alpha value is 0.180. The molecule has 1 amide bonds. The highest BCUT2D eigenvalue weighted by molar-refractivity contribution is 5.86. The van der Waals surface area contributed by atoms with Crippen LogP contribution in [0.4, 0.5) is 0 Å². The fourth-order valence-electron chi connectivity index (χ4n) is 3.05. The molecule has 2 aliphatic heterocycles. The molecule has 0 radical (unpaired) electrons. The van der Waals surface area contributed by atoms with E-state index in [2.05, 4.69) is 23.6 Å². The number of piperazine rings is 1. The van der Waals surface area contributed by atoms with Gasteiger partial charge in [-0.1, -0.05) is 0 Å². The number of ether oxygens (including phenoxy) is 1. The number of nitrogens with zero attached hydrogens (tertiary/aromatic N) is 3. The Morgan fingerprint density at radius 1 is 1.08 bits per heavy atom. The molecule has 6 nitrogen and oxygen atoms in total. The number of morpholine rings is 1. The van der Waals surface area contributed by atoms with Crippen molar-refractivity contribution in [2.75, 3.05) is 52.4 Å². The van der Waals surface area contributed by atoms with Crippen LogP contribution < -0.4 is 5.73 Å². The van der Waals surface area contributed by atoms with E-state index in [-0.39, 0.29) is 49.2 Å². The zero-order valence-electron chi connectivity index (χ0n) is 14.8. The second-order valence-corrected chi connectivity index (χ2v) is 6.50. The van der Waals surface area contributed by atoms with Gasteiger partial charge in [0.25, 0.3) is 0 Å². The normalized spacial score (nSPS) is 23.7. The first kappa shape index (κ1) is 26.4. The number of nitrogens with two attached hydrogens (primary N) is 1. The van der Waals surface area contributed by atoms with Gasteiger partial charge in [-0.2, -0.15) is 0 Å². The third-order valence-electron chi connectivity index (χ3n) is 4.44. The summed E-state index contributed by atoms with van der Waals surface area (Å²) < 4.78 is 5.89. The Morgan fingerprint density at radius 2 is 1.67 bits per heavy atom. The molecule has 146 valence electrons. The Labute approximate surface area is 164 Å². The van der Waals surface area contributed by atoms with E-state index in [9.17, 15) is 4.79 Å². The van der Waals surface area contributed by atoms with E-state index in [1.807, 2.05) is 4.90 Å². The van der Waals surface area contributed by atoms with Crippen LogP contribution in [0.25, 0.3) is 0 Å². The quantitative estimate of drug-likeness (QED) is 0.748. The molecule has 2 heterocycles. The number of amides is 1. The summed E-state index contributed by atoms with van der Waals surface area (Å²) in [6, 6.07) is 0.190. The van der Waals surface area contributed by atoms with Gasteiger partial charge < -0.3 is 15.4 Å². The van der Waals surface area contributed by atoms with Gasteiger partial charge >= 0.3 is 0 Å². The lowest BCUT2D eigenvalue weighted by Crippen LogP contribution is -2.55. The summed E-state index contributed by atoms with van der Waals surface area (Å²) in [5.41, 5.74) is 5.66. The van der Waals surface area contributed by atoms with Crippen molar-refractivity contribution in [3.8, 4) is 0 Å². The van der Waals surface area contributed by atoms with E-state index in [0.717, 1.165) is 52.4 Å². The van der Waals surface area contributed by atoms with Gasteiger partial charge in [0.2, 0.25) is 5.91 Å². The SMILES string of the molecule is CC(C)N1CCOC(CN2CCN(C(=O)[C@@H](C)N)CC2)C1.Cl.Cl.Cl. The van der Waals surface area contributed by atoms with Crippen molar-refractivity contribution in [3.05, 3.63) is 0 Å². The van der Waals surface area contributed by atoms with Crippen LogP contribution in [0.2, 0.25) is 0 Å². The first-order valence-corrected chi connectivity index (χ1v) is 8.09. The molecule has 0 aromatic rings. The van der Waals surface area contributed by atoms with E-state index in [4.69, 9.17) is 10.5 Å². The molecule has 0 aromatic carbocycles. The lowest BCUT2D eigenvalue weighted by Gasteiger charge is -2.40. The molecule has 0 bridgehead atoms. The van der Waals surface area contributed by atoms with Gasteiger partial charge in [0, 0.05) is 51.9 Å². The summed E-state index contributed by atoms with van der Waals surface area (Å²) in [7, 11) is 0. The summed E-state index contributed by atoms with van der Waals surface area (Å²) in [6.07, 6.45) is 0.289. The summed E-state index contributed by atoms with van der Waals surface area (Å²) in [6.45, 7) is 13.4. The average Bonchev–Trinajstić information content (AvgIpc) is 2.47. The van der Waals surface area contributed by atoms with Crippen LogP contribution in [-0.4, -0.2) is 91.2 Å². The molecular weight excluding hydrogens is 375 g/mol. The molecule has 9 heteroatoms. The summed E-state index contributed by atoms with van der Waals surface area (Å²) in [5.74, 6) is 0.0644. The third kappa shape index (κ3) is 7.60. The van der Waals surface area contributed by atoms with Crippen molar-refractivity contribution in [1.82, 2.24) is 14.7 Å². The van der Waals surface area contributed by atoms with Crippen molar-refractivity contribution in [3.63, 3.8) is 0 Å². The molecule has 2 N–H and O–H groups in total. The Morgan fingerprint density at radius 3 is 2.17 bits per heavy atom. The first-order valence-electron chi connectivity index (χ1n) is 8.09. The van der Waals surface area contributed by atoms with E-state index >= 15 is 0 Å². The van der Waals surface area contributed by atoms with Gasteiger partial charge in [-0.05, 0) is 20.8 Å². The summed E-state index contributed by atoms with van der Waals surface area (Å²) >= 11 is 0. The lowest BCUT2D eigenvalue weighted by atomic mass is 10.2. The third-order valence-corrected chi connectivity index (χ3v) is 4.44. The van der Waals surface area contributed by atoms with Crippen LogP contribution in [0.1, 0.15) is 20.8 Å². The molecule has 2 saturated heterocycles. The highest BCUT2D eigenvalue weighted by Crippen LogP contribution is 2.12. The van der Waals surface area contributed by atoms with Crippen LogP contribution in [-0.2, 0) is 9.53 Å². The van der Waals surface area contributed by atoms with Crippen molar-refractivity contribution in [2.24, 2.45) is 5.73 Å². The Bertz CT molecular complexity index is 354. The van der Waals surface area contributed by atoms with Gasteiger partial charge in [-0.15, -0.1) is 37.2 Å². The van der Waals surface area contributed by atoms with Crippen LogP contribution in [0.5, 0.6) is 0 Å². The maximum absolute atomic E-state index is 11.9. The number of carbonyl (C=O) groups is 1. The van der Waals surface area contributed by atoms with Gasteiger partial charge in [0.1, 0.15) is 0 Å². The fraction of sp³-hybridized carbons (Fsp3) is 0.933. The minimum atomic E-state index is -0.391. The number of hydrogen-bond acceptors (Lipinski definition) is 5. The van der Waals surface area contributed by atoms with Crippen LogP contribution in [0.15, 0.2) is 0 Å². The molecule has 2 fully saturated rings. The van der Waals surface area contributed by atoms with Gasteiger partial charge in [0.05, 0.1) is 18.8 Å². The average molecular weight is 408 g/mol. The molecule has 0 saturated carbocycles. The van der Waals surface area contributed by atoms with Crippen LogP contribution in [0.3, 0.4) is 0 Å². The maximum Gasteiger partial charge on any atom is 0.239 e. The Kier molecular flexibility index (Phi) is 13.8. The van der Waals surface area contributed by atoms with E-state index in [1.54, 1.807) is 6.92 Å². The molecule has 0 spiro atoms. The lowest BCUT2D eigenvalue weighted by molar-refractivity contribution is -0.134.